The van der Waals surface area contributed by atoms with E-state index in [1.54, 1.807) is 41.6 Å². The maximum Gasteiger partial charge on any atom is 0.410 e. The maximum atomic E-state index is 16.0. The Bertz CT molecular complexity index is 1540. The molecular weight excluding hydrogens is 566 g/mol. The van der Waals surface area contributed by atoms with Crippen LogP contribution in [0.2, 0.25) is 5.02 Å². The van der Waals surface area contributed by atoms with E-state index in [2.05, 4.69) is 30.8 Å². The second-order valence-corrected chi connectivity index (χ2v) is 11.1. The van der Waals surface area contributed by atoms with Gasteiger partial charge in [0.2, 0.25) is 0 Å². The van der Waals surface area contributed by atoms with Crippen LogP contribution in [0.5, 0.6) is 0 Å². The molecule has 0 atom stereocenters. The van der Waals surface area contributed by atoms with Crippen LogP contribution >= 0.6 is 27.5 Å². The Hall–Kier alpha value is -3.04. The number of carbonyl (C=O) groups is 1. The minimum Gasteiger partial charge on any atom is -0.444 e. The van der Waals surface area contributed by atoms with Gasteiger partial charge in [0.05, 0.1) is 15.2 Å². The molecule has 1 saturated heterocycles. The zero-order valence-corrected chi connectivity index (χ0v) is 22.8. The molecule has 1 aliphatic heterocycles. The van der Waals surface area contributed by atoms with Gasteiger partial charge in [-0.25, -0.2) is 13.6 Å². The van der Waals surface area contributed by atoms with Crippen molar-refractivity contribution in [3.05, 3.63) is 63.9 Å². The molecule has 1 amide bonds. The molecule has 4 aromatic rings. The lowest BCUT2D eigenvalue weighted by atomic mass is 10.00. The molecule has 1 aliphatic rings. The number of fused-ring (bicyclic) bond motifs is 2. The second kappa shape index (κ2) is 9.68. The Morgan fingerprint density at radius 1 is 1.05 bits per heavy atom. The number of piperazine rings is 1. The van der Waals surface area contributed by atoms with E-state index in [0.717, 1.165) is 5.69 Å². The lowest BCUT2D eigenvalue weighted by Crippen LogP contribution is -2.50. The van der Waals surface area contributed by atoms with Gasteiger partial charge in [0.15, 0.2) is 5.82 Å². The first-order chi connectivity index (χ1) is 17.5. The van der Waals surface area contributed by atoms with Gasteiger partial charge in [-0.1, -0.05) is 35.9 Å². The highest BCUT2D eigenvalue weighted by Crippen LogP contribution is 2.39. The molecule has 0 radical (unpaired) electrons. The van der Waals surface area contributed by atoms with Gasteiger partial charge in [0.25, 0.3) is 0 Å². The average molecular weight is 590 g/mol. The molecule has 6 nitrogen and oxygen atoms in total. The number of rotatable bonds is 2. The van der Waals surface area contributed by atoms with Crippen LogP contribution in [-0.4, -0.2) is 52.7 Å². The Labute approximate surface area is 226 Å². The first kappa shape index (κ1) is 25.6. The summed E-state index contributed by atoms with van der Waals surface area (Å²) in [6.45, 7) is 7.47. The number of hydrogen-bond acceptors (Lipinski definition) is 5. The third kappa shape index (κ3) is 4.82. The van der Waals surface area contributed by atoms with Gasteiger partial charge in [0, 0.05) is 54.9 Å². The van der Waals surface area contributed by atoms with Gasteiger partial charge >= 0.3 is 6.09 Å². The van der Waals surface area contributed by atoms with Crippen molar-refractivity contribution in [2.24, 2.45) is 0 Å². The van der Waals surface area contributed by atoms with Crippen molar-refractivity contribution in [1.82, 2.24) is 14.9 Å². The number of pyridine rings is 2. The highest BCUT2D eigenvalue weighted by molar-refractivity contribution is 9.10. The molecule has 1 fully saturated rings. The molecule has 2 aromatic heterocycles. The zero-order valence-electron chi connectivity index (χ0n) is 20.5. The summed E-state index contributed by atoms with van der Waals surface area (Å²) in [7, 11) is 0. The summed E-state index contributed by atoms with van der Waals surface area (Å²) in [5.74, 6) is -1.20. The van der Waals surface area contributed by atoms with Gasteiger partial charge in [-0.05, 0) is 48.2 Å². The van der Waals surface area contributed by atoms with E-state index in [9.17, 15) is 9.18 Å². The molecule has 0 bridgehead atoms. The second-order valence-electron chi connectivity index (χ2n) is 9.86. The van der Waals surface area contributed by atoms with Crippen molar-refractivity contribution in [3.63, 3.8) is 0 Å². The quantitative estimate of drug-likeness (QED) is 0.247. The molecule has 0 N–H and O–H groups in total. The van der Waals surface area contributed by atoms with E-state index >= 15 is 4.39 Å². The van der Waals surface area contributed by atoms with Crippen LogP contribution in [0.3, 0.4) is 0 Å². The van der Waals surface area contributed by atoms with Crippen LogP contribution in [0, 0.1) is 11.6 Å². The third-order valence-electron chi connectivity index (χ3n) is 6.22. The fourth-order valence-electron chi connectivity index (χ4n) is 4.54. The first-order valence-corrected chi connectivity index (χ1v) is 12.9. The number of halogens is 4. The topological polar surface area (TPSA) is 58.6 Å². The van der Waals surface area contributed by atoms with Crippen LogP contribution in [0.4, 0.5) is 19.3 Å². The Morgan fingerprint density at radius 2 is 1.78 bits per heavy atom. The van der Waals surface area contributed by atoms with Crippen LogP contribution in [0.15, 0.2) is 47.2 Å². The number of carbonyl (C=O) groups excluding carboxylic acids is 1. The molecule has 10 heteroatoms. The molecular formula is C27H24BrClF2N4O2. The number of amides is 1. The summed E-state index contributed by atoms with van der Waals surface area (Å²) in [5, 5.41) is 1.52. The van der Waals surface area contributed by atoms with Gasteiger partial charge in [-0.15, -0.1) is 0 Å². The SMILES string of the molecule is CC(C)(C)OC(=O)N1CCN(c2c(Br)cnc3c(F)c(-c4cccc5ccc(F)c(Cl)c45)ncc23)CC1. The van der Waals surface area contributed by atoms with Crippen LogP contribution in [0.25, 0.3) is 32.9 Å². The van der Waals surface area contributed by atoms with Crippen molar-refractivity contribution in [2.45, 2.75) is 26.4 Å². The number of nitrogens with zero attached hydrogens (tertiary/aromatic N) is 4. The lowest BCUT2D eigenvalue weighted by molar-refractivity contribution is 0.0240. The Morgan fingerprint density at radius 3 is 2.49 bits per heavy atom. The van der Waals surface area contributed by atoms with Crippen molar-refractivity contribution in [2.75, 3.05) is 31.1 Å². The average Bonchev–Trinajstić information content (AvgIpc) is 2.85. The number of benzene rings is 2. The monoisotopic (exact) mass is 588 g/mol. The smallest absolute Gasteiger partial charge is 0.410 e. The summed E-state index contributed by atoms with van der Waals surface area (Å²) in [6.07, 6.45) is 2.78. The Balaban J connectivity index is 1.52. The molecule has 0 unspecified atom stereocenters. The minimum atomic E-state index is -0.619. The van der Waals surface area contributed by atoms with Crippen molar-refractivity contribution in [3.8, 4) is 11.3 Å². The normalized spacial score (nSPS) is 14.5. The van der Waals surface area contributed by atoms with Crippen LogP contribution < -0.4 is 4.90 Å². The molecule has 2 aromatic carbocycles. The predicted octanol–water partition coefficient (Wildman–Crippen LogP) is 7.20. The van der Waals surface area contributed by atoms with Gasteiger partial charge in [-0.2, -0.15) is 0 Å². The fourth-order valence-corrected chi connectivity index (χ4v) is 5.38. The van der Waals surface area contributed by atoms with Gasteiger partial charge in [-0.3, -0.25) is 9.97 Å². The standard InChI is InChI=1S/C27H24BrClF2N4O2/c1-27(2,3)37-26(36)35-11-9-34(10-12-35)25-17-13-32-23(22(31)24(17)33-14-18(25)28)16-6-4-5-15-7-8-19(30)21(29)20(15)16/h4-8,13-14H,9-12H2,1-3H3. The summed E-state index contributed by atoms with van der Waals surface area (Å²) in [5.41, 5.74) is 0.746. The largest absolute Gasteiger partial charge is 0.444 e. The predicted molar refractivity (Wildman–Crippen MR) is 145 cm³/mol. The minimum absolute atomic E-state index is 0.0427. The number of anilines is 1. The molecule has 37 heavy (non-hydrogen) atoms. The van der Waals surface area contributed by atoms with E-state index in [0.29, 0.717) is 52.4 Å². The highest BCUT2D eigenvalue weighted by Gasteiger charge is 2.28. The molecule has 0 aliphatic carbocycles. The van der Waals surface area contributed by atoms with Crippen molar-refractivity contribution < 1.29 is 18.3 Å². The molecule has 3 heterocycles. The molecule has 0 spiro atoms. The van der Waals surface area contributed by atoms with E-state index in [4.69, 9.17) is 16.3 Å². The van der Waals surface area contributed by atoms with Crippen molar-refractivity contribution >= 4 is 61.0 Å². The molecule has 192 valence electrons. The number of ether oxygens (including phenoxy) is 1. The molecule has 0 saturated carbocycles. The lowest BCUT2D eigenvalue weighted by Gasteiger charge is -2.37. The Kier molecular flexibility index (Phi) is 6.70. The van der Waals surface area contributed by atoms with E-state index in [-0.39, 0.29) is 22.3 Å². The summed E-state index contributed by atoms with van der Waals surface area (Å²) in [4.78, 5) is 25.0. The van der Waals surface area contributed by atoms with E-state index < -0.39 is 17.2 Å². The third-order valence-corrected chi connectivity index (χ3v) is 7.17. The maximum absolute atomic E-state index is 16.0. The fraction of sp³-hybridized carbons (Fsp3) is 0.296. The summed E-state index contributed by atoms with van der Waals surface area (Å²) >= 11 is 9.83. The van der Waals surface area contributed by atoms with Crippen molar-refractivity contribution in [1.29, 1.82) is 0 Å². The zero-order chi connectivity index (χ0) is 26.5. The van der Waals surface area contributed by atoms with Gasteiger partial charge < -0.3 is 14.5 Å². The summed E-state index contributed by atoms with van der Waals surface area (Å²) < 4.78 is 36.4. The van der Waals surface area contributed by atoms with Gasteiger partial charge in [0.1, 0.15) is 22.6 Å². The highest BCUT2D eigenvalue weighted by atomic mass is 79.9. The summed E-state index contributed by atoms with van der Waals surface area (Å²) in [6, 6.07) is 8.09. The number of aromatic nitrogens is 2. The number of hydrogen-bond donors (Lipinski definition) is 0. The van der Waals surface area contributed by atoms with Crippen LogP contribution in [0.1, 0.15) is 20.8 Å². The molecule has 5 rings (SSSR count). The van der Waals surface area contributed by atoms with E-state index in [1.165, 1.54) is 6.07 Å². The van der Waals surface area contributed by atoms with Crippen LogP contribution in [-0.2, 0) is 4.74 Å². The first-order valence-electron chi connectivity index (χ1n) is 11.8. The van der Waals surface area contributed by atoms with E-state index in [1.807, 2.05) is 20.8 Å².